The van der Waals surface area contributed by atoms with Crippen molar-refractivity contribution >= 4 is 28.7 Å². The van der Waals surface area contributed by atoms with Gasteiger partial charge >= 0.3 is 0 Å². The number of ether oxygens (including phenoxy) is 1. The Bertz CT molecular complexity index is 1180. The lowest BCUT2D eigenvalue weighted by Gasteiger charge is -2.15. The van der Waals surface area contributed by atoms with Crippen LogP contribution in [-0.4, -0.2) is 18.3 Å². The highest BCUT2D eigenvalue weighted by Gasteiger charge is 2.16. The number of rotatable bonds is 22. The number of halogens is 1. The lowest BCUT2D eigenvalue weighted by molar-refractivity contribution is -0.683. The van der Waals surface area contributed by atoms with E-state index < -0.39 is 0 Å². The predicted octanol–water partition coefficient (Wildman–Crippen LogP) is 6.33. The summed E-state index contributed by atoms with van der Waals surface area (Å²) in [6.45, 7) is 5.18. The highest BCUT2D eigenvalue weighted by Crippen LogP contribution is 2.26. The Morgan fingerprint density at radius 3 is 1.98 bits per heavy atom. The normalized spacial score (nSPS) is 10.7. The number of carbonyl (C=O) groups is 2. The molecule has 0 fully saturated rings. The predicted molar refractivity (Wildman–Crippen MR) is 175 cm³/mol. The van der Waals surface area contributed by atoms with Gasteiger partial charge < -0.3 is 27.0 Å². The molecule has 3 rings (SSSR count). The zero-order valence-electron chi connectivity index (χ0n) is 26.3. The van der Waals surface area contributed by atoms with Gasteiger partial charge in [0, 0.05) is 16.8 Å². The van der Waals surface area contributed by atoms with E-state index in [1.54, 1.807) is 24.3 Å². The summed E-state index contributed by atoms with van der Waals surface area (Å²) in [5, 5.41) is 5.04. The van der Waals surface area contributed by atoms with Crippen molar-refractivity contribution in [1.82, 2.24) is 0 Å². The largest absolute Gasteiger partial charge is 1.00 e. The molecule has 5 nitrogen and oxygen atoms in total. The smallest absolute Gasteiger partial charge is 0.228 e. The molecule has 1 heterocycles. The summed E-state index contributed by atoms with van der Waals surface area (Å²) in [6.07, 6.45) is 20.5. The summed E-state index contributed by atoms with van der Waals surface area (Å²) < 4.78 is 8.28. The fraction of sp³-hybridized carbons (Fsp3) is 0.528. The van der Waals surface area contributed by atoms with Crippen molar-refractivity contribution in [3.05, 3.63) is 76.2 Å². The third kappa shape index (κ3) is 14.7. The molecule has 3 aromatic rings. The molecule has 0 unspecified atom stereocenters. The summed E-state index contributed by atoms with van der Waals surface area (Å²) in [5.41, 5.74) is 5.29. The molecular weight excluding hydrogens is 620 g/mol. The van der Waals surface area contributed by atoms with Crippen molar-refractivity contribution in [1.29, 1.82) is 0 Å². The number of nitrogens with one attached hydrogen (secondary N) is 1. The molecule has 0 spiro atoms. The van der Waals surface area contributed by atoms with Gasteiger partial charge in [-0.05, 0) is 31.5 Å². The maximum atomic E-state index is 12.9. The first-order valence-corrected chi connectivity index (χ1v) is 17.1. The van der Waals surface area contributed by atoms with Crippen LogP contribution in [0, 0.1) is 0 Å². The van der Waals surface area contributed by atoms with Crippen molar-refractivity contribution in [2.75, 3.05) is 11.9 Å². The number of anilines is 1. The number of amides is 1. The number of ketones is 1. The van der Waals surface area contributed by atoms with Gasteiger partial charge in [-0.25, -0.2) is 0 Å². The van der Waals surface area contributed by atoms with Crippen molar-refractivity contribution in [3.63, 3.8) is 0 Å². The lowest BCUT2D eigenvalue weighted by atomic mass is 10.0. The Hall–Kier alpha value is -2.51. The highest BCUT2D eigenvalue weighted by molar-refractivity contribution is 7.07. The number of unbranched alkanes of at least 4 members (excludes halogenated alkanes) is 13. The number of carbonyl (C=O) groups excluding carboxylic acids is 2. The molecule has 0 bridgehead atoms. The van der Waals surface area contributed by atoms with Crippen LogP contribution in [0.3, 0.4) is 0 Å². The Morgan fingerprint density at radius 2 is 1.42 bits per heavy atom. The van der Waals surface area contributed by atoms with Crippen LogP contribution in [0.5, 0.6) is 5.75 Å². The van der Waals surface area contributed by atoms with Crippen LogP contribution >= 0.6 is 11.3 Å². The number of aromatic nitrogens is 1. The molecule has 0 aliphatic rings. The SMILES string of the molecule is CCCCCCCCCCCCCCCCOc1c(CC(=O)Nc2ccc(C[n+]3ccsc3)cc2)cccc1C(C)=O.[Br-]. The van der Waals surface area contributed by atoms with E-state index in [0.29, 0.717) is 17.9 Å². The van der Waals surface area contributed by atoms with Crippen LogP contribution in [0.4, 0.5) is 5.69 Å². The third-order valence-electron chi connectivity index (χ3n) is 7.70. The van der Waals surface area contributed by atoms with Crippen LogP contribution in [0.1, 0.15) is 125 Å². The van der Waals surface area contributed by atoms with Crippen molar-refractivity contribution < 1.29 is 35.9 Å². The Morgan fingerprint density at radius 1 is 0.814 bits per heavy atom. The molecule has 0 aliphatic heterocycles. The van der Waals surface area contributed by atoms with Crippen LogP contribution < -0.4 is 31.6 Å². The van der Waals surface area contributed by atoms with Crippen LogP contribution in [0.2, 0.25) is 0 Å². The molecule has 0 saturated heterocycles. The Balaban J connectivity index is 0.00000645. The van der Waals surface area contributed by atoms with Gasteiger partial charge in [-0.2, -0.15) is 4.57 Å². The maximum absolute atomic E-state index is 12.9. The fourth-order valence-corrected chi connectivity index (χ4v) is 5.87. The van der Waals surface area contributed by atoms with Crippen LogP contribution in [0.25, 0.3) is 0 Å². The van der Waals surface area contributed by atoms with Gasteiger partial charge in [0.05, 0.1) is 24.0 Å². The third-order valence-corrected chi connectivity index (χ3v) is 8.37. The zero-order valence-corrected chi connectivity index (χ0v) is 28.7. The molecule has 1 amide bonds. The van der Waals surface area contributed by atoms with E-state index in [-0.39, 0.29) is 35.1 Å². The van der Waals surface area contributed by atoms with Gasteiger partial charge in [-0.3, -0.25) is 9.59 Å². The molecule has 236 valence electrons. The molecule has 2 aromatic carbocycles. The van der Waals surface area contributed by atoms with Gasteiger partial charge in [-0.1, -0.05) is 126 Å². The molecular formula is C36H51BrN2O3S. The Labute approximate surface area is 274 Å². The summed E-state index contributed by atoms with van der Waals surface area (Å²) in [4.78, 5) is 25.2. The number of hydrogen-bond acceptors (Lipinski definition) is 4. The first kappa shape index (κ1) is 36.7. The van der Waals surface area contributed by atoms with Crippen molar-refractivity contribution in [3.8, 4) is 5.75 Å². The lowest BCUT2D eigenvalue weighted by Crippen LogP contribution is -3.00. The number of nitrogens with zero attached hydrogens (tertiary/aromatic N) is 1. The maximum Gasteiger partial charge on any atom is 0.228 e. The second-order valence-electron chi connectivity index (χ2n) is 11.4. The molecule has 0 radical (unpaired) electrons. The second kappa shape index (κ2) is 22.1. The molecule has 0 aliphatic carbocycles. The average molecular weight is 672 g/mol. The standard InChI is InChI=1S/C36H50N2O3S.BrH/c1-3-4-5-6-7-8-9-10-11-12-13-14-15-16-25-41-36-32(18-17-19-34(36)30(2)39)27-35(40)37-33-22-20-31(21-23-33)28-38-24-26-42-29-38;/h17-24,26,29H,3-16,25,27-28H2,1-2H3;1H. The van der Waals surface area contributed by atoms with Crippen molar-refractivity contribution in [2.45, 2.75) is 117 Å². The molecule has 0 saturated carbocycles. The minimum absolute atomic E-state index is 0. The average Bonchev–Trinajstić information content (AvgIpc) is 3.49. The molecule has 0 atom stereocenters. The van der Waals surface area contributed by atoms with Crippen LogP contribution in [-0.2, 0) is 17.8 Å². The topological polar surface area (TPSA) is 59.3 Å². The first-order chi connectivity index (χ1) is 20.6. The molecule has 7 heteroatoms. The first-order valence-electron chi connectivity index (χ1n) is 16.1. The van der Waals surface area contributed by atoms with E-state index in [1.165, 1.54) is 82.6 Å². The molecule has 1 aromatic heterocycles. The number of benzene rings is 2. The summed E-state index contributed by atoms with van der Waals surface area (Å²) in [7, 11) is 0. The highest BCUT2D eigenvalue weighted by atomic mass is 79.9. The van der Waals surface area contributed by atoms with Gasteiger partial charge in [-0.15, -0.1) is 0 Å². The van der Waals surface area contributed by atoms with E-state index >= 15 is 0 Å². The van der Waals surface area contributed by atoms with E-state index in [0.717, 1.165) is 30.6 Å². The quantitative estimate of drug-likeness (QED) is 0.0772. The molecule has 43 heavy (non-hydrogen) atoms. The fourth-order valence-electron chi connectivity index (χ4n) is 5.28. The summed E-state index contributed by atoms with van der Waals surface area (Å²) in [5.74, 6) is 0.377. The minimum Gasteiger partial charge on any atom is -1.00 e. The van der Waals surface area contributed by atoms with Crippen molar-refractivity contribution in [2.24, 2.45) is 0 Å². The van der Waals surface area contributed by atoms with Gasteiger partial charge in [0.1, 0.15) is 5.75 Å². The summed E-state index contributed by atoms with van der Waals surface area (Å²) >= 11 is 1.66. The number of para-hydroxylation sites is 1. The van der Waals surface area contributed by atoms with Gasteiger partial charge in [0.15, 0.2) is 18.5 Å². The second-order valence-corrected chi connectivity index (χ2v) is 12.2. The monoisotopic (exact) mass is 670 g/mol. The van der Waals surface area contributed by atoms with E-state index in [1.807, 2.05) is 41.8 Å². The minimum atomic E-state index is -0.128. The zero-order chi connectivity index (χ0) is 29.8. The van der Waals surface area contributed by atoms with E-state index in [9.17, 15) is 9.59 Å². The van der Waals surface area contributed by atoms with Gasteiger partial charge in [0.25, 0.3) is 0 Å². The van der Waals surface area contributed by atoms with Crippen LogP contribution in [0.15, 0.2) is 59.6 Å². The van der Waals surface area contributed by atoms with E-state index in [2.05, 4.69) is 28.5 Å². The number of thiazole rings is 1. The Kier molecular flexibility index (Phi) is 18.8. The molecule has 1 N–H and O–H groups in total. The number of Topliss-reactive ketones (excluding diaryl/α,β-unsaturated/α-hetero) is 1. The van der Waals surface area contributed by atoms with Gasteiger partial charge in [0.2, 0.25) is 11.4 Å². The number of hydrogen-bond donors (Lipinski definition) is 1. The van der Waals surface area contributed by atoms with E-state index in [4.69, 9.17) is 4.74 Å². The summed E-state index contributed by atoms with van der Waals surface area (Å²) in [6, 6.07) is 13.4.